The van der Waals surface area contributed by atoms with Crippen molar-refractivity contribution in [3.8, 4) is 38.5 Å². The summed E-state index contributed by atoms with van der Waals surface area (Å²) in [6.07, 6.45) is 35.4. The van der Waals surface area contributed by atoms with Crippen LogP contribution in [-0.2, 0) is 11.2 Å². The second kappa shape index (κ2) is 25.5. The third kappa shape index (κ3) is 14.1. The van der Waals surface area contributed by atoms with Gasteiger partial charge in [0, 0.05) is 18.0 Å². The maximum absolute atomic E-state index is 13.1. The fraction of sp³-hybridized carbons (Fsp3) is 0.543. The number of hydrogen-bond donors (Lipinski definition) is 1. The molecule has 1 amide bonds. The van der Waals surface area contributed by atoms with Crippen LogP contribution in [0.25, 0.3) is 0 Å². The van der Waals surface area contributed by atoms with E-state index >= 15 is 0 Å². The van der Waals surface area contributed by atoms with E-state index in [1.54, 1.807) is 0 Å². The zero-order valence-corrected chi connectivity index (χ0v) is 26.1. The smallest absolute Gasteiger partial charge is 0.289 e. The van der Waals surface area contributed by atoms with Crippen LogP contribution in [-0.4, -0.2) is 42.0 Å². The molecule has 0 spiro atoms. The first-order chi connectivity index (χ1) is 20.6. The van der Waals surface area contributed by atoms with Gasteiger partial charge >= 0.3 is 0 Å². The molecule has 3 aliphatic rings. The van der Waals surface area contributed by atoms with E-state index in [-0.39, 0.29) is 22.8 Å². The van der Waals surface area contributed by atoms with Crippen LogP contribution in [0.3, 0.4) is 0 Å². The molecule has 2 N–H and O–H groups in total. The first kappa shape index (κ1) is 38.8. The lowest BCUT2D eigenvalue weighted by atomic mass is 9.91. The fourth-order valence-electron chi connectivity index (χ4n) is 5.32. The highest BCUT2D eigenvalue weighted by atomic mass is 32.1. The number of aromatic nitrogens is 1. The van der Waals surface area contributed by atoms with Gasteiger partial charge in [0.25, 0.3) is 6.43 Å². The lowest BCUT2D eigenvalue weighted by molar-refractivity contribution is -0.638. The minimum absolute atomic E-state index is 0.0333. The molecule has 42 heavy (non-hydrogen) atoms. The van der Waals surface area contributed by atoms with Gasteiger partial charge in [0.05, 0.1) is 24.7 Å². The molecule has 2 aromatic rings. The molecular weight excluding hydrogens is 548 g/mol. The van der Waals surface area contributed by atoms with Gasteiger partial charge in [0.1, 0.15) is 5.92 Å². The van der Waals surface area contributed by atoms with Crippen molar-refractivity contribution in [3.05, 3.63) is 52.0 Å². The first-order valence-corrected chi connectivity index (χ1v) is 15.8. The third-order valence-corrected chi connectivity index (χ3v) is 8.47. The normalized spacial score (nSPS) is 18.9. The van der Waals surface area contributed by atoms with E-state index in [1.165, 1.54) is 44.9 Å². The Hall–Kier alpha value is -3.18. The van der Waals surface area contributed by atoms with Crippen LogP contribution in [0.2, 0.25) is 0 Å². The van der Waals surface area contributed by atoms with Gasteiger partial charge in [-0.2, -0.15) is 0 Å². The number of likely N-dealkylation sites (tertiary alicyclic amines) is 1. The Labute approximate surface area is 258 Å². The molecule has 3 fully saturated rings. The number of carbonyl (C=O) groups excluding carboxylic acids is 1. The minimum atomic E-state index is -2.53. The molecule has 4 nitrogen and oxygen atoms in total. The molecule has 0 bridgehead atoms. The maximum atomic E-state index is 13.1. The number of halogens is 2. The number of rotatable bonds is 5. The van der Waals surface area contributed by atoms with Gasteiger partial charge in [-0.05, 0) is 25.7 Å². The lowest BCUT2D eigenvalue weighted by Gasteiger charge is -2.29. The van der Waals surface area contributed by atoms with Gasteiger partial charge in [-0.25, -0.2) is 13.8 Å². The molecule has 1 aromatic heterocycles. The lowest BCUT2D eigenvalue weighted by Crippen LogP contribution is -2.81. The number of thiazole rings is 1. The molecule has 1 unspecified atom stereocenters. The Balaban J connectivity index is 0.000000760. The number of benzene rings is 1. The van der Waals surface area contributed by atoms with Crippen molar-refractivity contribution in [1.82, 2.24) is 9.88 Å². The number of aryl methyl sites for hydroxylation is 1. The van der Waals surface area contributed by atoms with Gasteiger partial charge in [0.2, 0.25) is 5.91 Å². The summed E-state index contributed by atoms with van der Waals surface area (Å²) >= 11 is 1.12. The van der Waals surface area contributed by atoms with Gasteiger partial charge in [-0.1, -0.05) is 88.3 Å². The zero-order chi connectivity index (χ0) is 31.6. The maximum Gasteiger partial charge on any atom is 0.289 e. The number of nitrogens with zero attached hydrogens (tertiary/aromatic N) is 2. The van der Waals surface area contributed by atoms with E-state index in [9.17, 15) is 13.6 Å². The Morgan fingerprint density at radius 2 is 1.31 bits per heavy atom. The van der Waals surface area contributed by atoms with E-state index in [0.29, 0.717) is 6.42 Å². The highest BCUT2D eigenvalue weighted by molar-refractivity contribution is 7.11. The van der Waals surface area contributed by atoms with Crippen molar-refractivity contribution in [2.45, 2.75) is 89.9 Å². The number of hydrogen-bond acceptors (Lipinski definition) is 3. The highest BCUT2D eigenvalue weighted by Gasteiger charge is 2.42. The predicted molar refractivity (Wildman–Crippen MR) is 173 cm³/mol. The molecule has 2 atom stereocenters. The monoisotopic (exact) mass is 598 g/mol. The Morgan fingerprint density at radius 3 is 1.74 bits per heavy atom. The highest BCUT2D eigenvalue weighted by Crippen LogP contribution is 2.37. The van der Waals surface area contributed by atoms with E-state index in [2.05, 4.69) is 48.8 Å². The number of amides is 1. The third-order valence-electron chi connectivity index (χ3n) is 7.23. The predicted octanol–water partition coefficient (Wildman–Crippen LogP) is 7.10. The van der Waals surface area contributed by atoms with E-state index in [1.807, 2.05) is 48.2 Å². The Bertz CT molecular complexity index is 940. The van der Waals surface area contributed by atoms with Crippen LogP contribution in [0.4, 0.5) is 8.78 Å². The second-order valence-corrected chi connectivity index (χ2v) is 11.1. The van der Waals surface area contributed by atoms with Crippen molar-refractivity contribution >= 4 is 17.2 Å². The number of terminal acetylenes is 3. The summed E-state index contributed by atoms with van der Waals surface area (Å²) in [6, 6.07) is 12.0. The minimum Gasteiger partial charge on any atom is -0.345 e. The summed E-state index contributed by atoms with van der Waals surface area (Å²) in [7, 11) is 0. The summed E-state index contributed by atoms with van der Waals surface area (Å²) in [4.78, 5) is 20.0. The molecule has 2 aliphatic heterocycles. The van der Waals surface area contributed by atoms with E-state index in [4.69, 9.17) is 0 Å². The quantitative estimate of drug-likeness (QED) is 0.374. The molecule has 2 saturated heterocycles. The van der Waals surface area contributed by atoms with Crippen LogP contribution in [0.5, 0.6) is 0 Å². The zero-order valence-electron chi connectivity index (χ0n) is 25.3. The van der Waals surface area contributed by atoms with Gasteiger partial charge < -0.3 is 10.2 Å². The molecule has 5 rings (SSSR count). The van der Waals surface area contributed by atoms with Gasteiger partial charge in [-0.15, -0.1) is 49.9 Å². The molecule has 1 aliphatic carbocycles. The van der Waals surface area contributed by atoms with Crippen molar-refractivity contribution < 1.29 is 18.9 Å². The largest absolute Gasteiger partial charge is 0.345 e. The number of nitrogens with two attached hydrogens (primary N) is 1. The van der Waals surface area contributed by atoms with Crippen LogP contribution >= 0.6 is 11.3 Å². The second-order valence-electron chi connectivity index (χ2n) is 10.0. The molecule has 3 heterocycles. The standard InChI is InChI=1S/C17H25F2N3OS.C6H12.C6H6.3C2H2/c1-2-6-13-14(24-16(21-13)15(18)19)11-9-20-10-12(11)17(23)22-7-4-3-5-8-22;2*1-2-4-6-5-3-1;3*1-2/h11-12,15,20H,2-10H2,1H3;1-6H2;1-6H;3*1-2H/p+1/t11-,12?;;;;;/m1...../s1. The SMILES string of the molecule is C#C.C#C.C#C.C1CCCCC1.CCCc1nc(C(F)F)sc1[C@@H]1C[NH2+]CC1C(=O)N1CCCCC1.c1ccccc1. The van der Waals surface area contributed by atoms with Crippen molar-refractivity contribution in [3.63, 3.8) is 0 Å². The van der Waals surface area contributed by atoms with Crippen LogP contribution in [0.15, 0.2) is 36.4 Å². The number of carbonyl (C=O) groups is 1. The van der Waals surface area contributed by atoms with Gasteiger partial charge in [0.15, 0.2) is 5.01 Å². The molecule has 0 radical (unpaired) electrons. The van der Waals surface area contributed by atoms with Crippen LogP contribution in [0, 0.1) is 44.5 Å². The summed E-state index contributed by atoms with van der Waals surface area (Å²) in [6.45, 7) is 5.27. The Kier molecular flexibility index (Phi) is 23.6. The van der Waals surface area contributed by atoms with Gasteiger partial charge in [-0.3, -0.25) is 4.79 Å². The molecule has 1 aromatic carbocycles. The molecule has 7 heteroatoms. The average Bonchev–Trinajstić information content (AvgIpc) is 3.74. The van der Waals surface area contributed by atoms with Crippen molar-refractivity contribution in [2.75, 3.05) is 26.2 Å². The molecule has 1 saturated carbocycles. The summed E-state index contributed by atoms with van der Waals surface area (Å²) in [5.41, 5.74) is 0.787. The Morgan fingerprint density at radius 1 is 0.857 bits per heavy atom. The van der Waals surface area contributed by atoms with Crippen LogP contribution < -0.4 is 5.32 Å². The number of quaternary nitrogens is 1. The summed E-state index contributed by atoms with van der Waals surface area (Å²) < 4.78 is 26.2. The number of alkyl halides is 2. The van der Waals surface area contributed by atoms with E-state index < -0.39 is 6.43 Å². The van der Waals surface area contributed by atoms with Crippen LogP contribution in [0.1, 0.15) is 99.1 Å². The number of piperidine rings is 1. The molecule has 230 valence electrons. The fourth-order valence-corrected chi connectivity index (χ4v) is 6.47. The summed E-state index contributed by atoms with van der Waals surface area (Å²) in [5.74, 6) is 0.151. The first-order valence-electron chi connectivity index (χ1n) is 15.0. The summed E-state index contributed by atoms with van der Waals surface area (Å²) in [5, 5.41) is 2.05. The van der Waals surface area contributed by atoms with Crippen molar-refractivity contribution in [2.24, 2.45) is 5.92 Å². The van der Waals surface area contributed by atoms with E-state index in [0.717, 1.165) is 67.3 Å². The van der Waals surface area contributed by atoms with Crippen molar-refractivity contribution in [1.29, 1.82) is 0 Å². The topological polar surface area (TPSA) is 49.8 Å². The molecular formula is C35H50F2N3OS+. The average molecular weight is 599 g/mol.